The molecule has 0 aliphatic carbocycles. The Bertz CT molecular complexity index is 475. The van der Waals surface area contributed by atoms with Gasteiger partial charge in [0, 0.05) is 6.54 Å². The highest BCUT2D eigenvalue weighted by Gasteiger charge is 2.14. The number of halogens is 1. The van der Waals surface area contributed by atoms with Crippen LogP contribution in [0.2, 0.25) is 0 Å². The Morgan fingerprint density at radius 3 is 2.71 bits per heavy atom. The normalized spacial score (nSPS) is 10.9. The molecule has 0 amide bonds. The van der Waals surface area contributed by atoms with E-state index in [1.54, 1.807) is 6.07 Å². The first-order chi connectivity index (χ1) is 7.85. The molecule has 0 aromatic heterocycles. The van der Waals surface area contributed by atoms with Crippen LogP contribution in [0.5, 0.6) is 0 Å². The molecule has 3 nitrogen and oxygen atoms in total. The first kappa shape index (κ1) is 13.2. The van der Waals surface area contributed by atoms with Crippen LogP contribution in [0.3, 0.4) is 0 Å². The van der Waals surface area contributed by atoms with Crippen molar-refractivity contribution < 1.29 is 14.3 Å². The van der Waals surface area contributed by atoms with E-state index in [9.17, 15) is 9.18 Å². The van der Waals surface area contributed by atoms with E-state index in [4.69, 9.17) is 11.5 Å². The summed E-state index contributed by atoms with van der Waals surface area (Å²) in [5, 5.41) is 11.7. The van der Waals surface area contributed by atoms with Gasteiger partial charge in [0.15, 0.2) is 0 Å². The highest BCUT2D eigenvalue weighted by atomic mass is 19.1. The summed E-state index contributed by atoms with van der Waals surface area (Å²) in [5.41, 5.74) is -0.164. The number of rotatable bonds is 4. The second-order valence-electron chi connectivity index (χ2n) is 4.24. The van der Waals surface area contributed by atoms with Crippen molar-refractivity contribution in [2.75, 3.05) is 0 Å². The maximum atomic E-state index is 13.4. The van der Waals surface area contributed by atoms with E-state index in [0.717, 1.165) is 0 Å². The average Bonchev–Trinajstić information content (AvgIpc) is 2.26. The molecule has 0 saturated carbocycles. The number of nitrogens with one attached hydrogen (secondary N) is 1. The van der Waals surface area contributed by atoms with Gasteiger partial charge in [0.2, 0.25) is 0 Å². The van der Waals surface area contributed by atoms with E-state index in [1.165, 1.54) is 12.1 Å². The van der Waals surface area contributed by atoms with Gasteiger partial charge in [0.1, 0.15) is 5.82 Å². The van der Waals surface area contributed by atoms with Gasteiger partial charge in [-0.25, -0.2) is 9.18 Å². The zero-order chi connectivity index (χ0) is 13.1. The highest BCUT2D eigenvalue weighted by Crippen LogP contribution is 2.11. The quantitative estimate of drug-likeness (QED) is 0.785. The van der Waals surface area contributed by atoms with Gasteiger partial charge in [-0.2, -0.15) is 0 Å². The molecule has 0 heterocycles. The van der Waals surface area contributed by atoms with Gasteiger partial charge in [0.25, 0.3) is 0 Å². The lowest BCUT2D eigenvalue weighted by molar-refractivity contribution is 0.0692. The van der Waals surface area contributed by atoms with E-state index in [-0.39, 0.29) is 5.56 Å². The highest BCUT2D eigenvalue weighted by molar-refractivity contribution is 5.87. The third-order valence-corrected chi connectivity index (χ3v) is 2.36. The monoisotopic (exact) mass is 235 g/mol. The van der Waals surface area contributed by atoms with Crippen molar-refractivity contribution >= 4 is 5.97 Å². The topological polar surface area (TPSA) is 49.3 Å². The van der Waals surface area contributed by atoms with Gasteiger partial charge in [-0.3, -0.25) is 5.32 Å². The molecule has 17 heavy (non-hydrogen) atoms. The maximum Gasteiger partial charge on any atom is 0.338 e. The summed E-state index contributed by atoms with van der Waals surface area (Å²) in [6.45, 7) is 4.04. The van der Waals surface area contributed by atoms with Crippen molar-refractivity contribution in [3.05, 3.63) is 35.1 Å². The van der Waals surface area contributed by atoms with Gasteiger partial charge in [0.05, 0.1) is 11.1 Å². The molecule has 0 radical (unpaired) electrons. The lowest BCUT2D eigenvalue weighted by Crippen LogP contribution is -2.36. The average molecular weight is 235 g/mol. The largest absolute Gasteiger partial charge is 0.478 e. The molecule has 1 aromatic rings. The molecule has 0 saturated heterocycles. The summed E-state index contributed by atoms with van der Waals surface area (Å²) < 4.78 is 13.4. The van der Waals surface area contributed by atoms with Crippen LogP contribution >= 0.6 is 0 Å². The second-order valence-corrected chi connectivity index (χ2v) is 4.24. The van der Waals surface area contributed by atoms with Crippen LogP contribution in [-0.2, 0) is 6.54 Å². The summed E-state index contributed by atoms with van der Waals surface area (Å²) in [6.07, 6.45) is 5.30. The van der Waals surface area contributed by atoms with Crippen LogP contribution in [0, 0.1) is 18.2 Å². The van der Waals surface area contributed by atoms with E-state index < -0.39 is 17.3 Å². The summed E-state index contributed by atoms with van der Waals surface area (Å²) in [5.74, 6) is 0.544. The molecule has 90 valence electrons. The first-order valence-corrected chi connectivity index (χ1v) is 5.10. The SMILES string of the molecule is C#CC(C)(C)NCc1ccc(C(=O)O)c(F)c1. The fourth-order valence-electron chi connectivity index (χ4n) is 1.22. The van der Waals surface area contributed by atoms with Crippen molar-refractivity contribution in [1.29, 1.82) is 0 Å². The summed E-state index contributed by atoms with van der Waals surface area (Å²) in [6, 6.07) is 4.01. The fourth-order valence-corrected chi connectivity index (χ4v) is 1.22. The van der Waals surface area contributed by atoms with Gasteiger partial charge < -0.3 is 5.11 Å². The lowest BCUT2D eigenvalue weighted by atomic mass is 10.1. The Labute approximate surface area is 99.7 Å². The maximum absolute atomic E-state index is 13.4. The predicted molar refractivity (Wildman–Crippen MR) is 63.1 cm³/mol. The van der Waals surface area contributed by atoms with Gasteiger partial charge in [-0.05, 0) is 31.5 Å². The van der Waals surface area contributed by atoms with Gasteiger partial charge in [-0.1, -0.05) is 12.0 Å². The van der Waals surface area contributed by atoms with Crippen LogP contribution in [0.1, 0.15) is 29.8 Å². The molecule has 1 rings (SSSR count). The fraction of sp³-hybridized carbons (Fsp3) is 0.308. The van der Waals surface area contributed by atoms with Crippen LogP contribution in [0.15, 0.2) is 18.2 Å². The zero-order valence-corrected chi connectivity index (χ0v) is 9.75. The van der Waals surface area contributed by atoms with E-state index in [0.29, 0.717) is 12.1 Å². The number of hydrogen-bond acceptors (Lipinski definition) is 2. The molecule has 2 N–H and O–H groups in total. The van der Waals surface area contributed by atoms with Crippen molar-refractivity contribution in [3.63, 3.8) is 0 Å². The van der Waals surface area contributed by atoms with Crippen molar-refractivity contribution in [1.82, 2.24) is 5.32 Å². The predicted octanol–water partition coefficient (Wildman–Crippen LogP) is 2.03. The van der Waals surface area contributed by atoms with Crippen LogP contribution in [0.4, 0.5) is 4.39 Å². The molecule has 0 aliphatic heterocycles. The Balaban J connectivity index is 2.79. The molecule has 0 fully saturated rings. The first-order valence-electron chi connectivity index (χ1n) is 5.10. The Morgan fingerprint density at radius 1 is 1.59 bits per heavy atom. The second kappa shape index (κ2) is 4.98. The number of benzene rings is 1. The minimum absolute atomic E-state index is 0.329. The van der Waals surface area contributed by atoms with Gasteiger partial charge in [-0.15, -0.1) is 6.42 Å². The minimum atomic E-state index is -1.27. The number of terminal acetylenes is 1. The number of hydrogen-bond donors (Lipinski definition) is 2. The molecule has 0 aliphatic rings. The third-order valence-electron chi connectivity index (χ3n) is 2.36. The molecule has 4 heteroatoms. The summed E-state index contributed by atoms with van der Waals surface area (Å²) >= 11 is 0. The number of carboxylic acids is 1. The van der Waals surface area contributed by atoms with E-state index >= 15 is 0 Å². The molecule has 0 bridgehead atoms. The standard InChI is InChI=1S/C13H14FNO2/c1-4-13(2,3)15-8-9-5-6-10(12(16)17)11(14)7-9/h1,5-7,15H,8H2,2-3H3,(H,16,17). The van der Waals surface area contributed by atoms with Crippen LogP contribution in [0.25, 0.3) is 0 Å². The minimum Gasteiger partial charge on any atom is -0.478 e. The van der Waals surface area contributed by atoms with Gasteiger partial charge >= 0.3 is 5.97 Å². The number of carboxylic acid groups (broad SMARTS) is 1. The van der Waals surface area contributed by atoms with Crippen LogP contribution in [-0.4, -0.2) is 16.6 Å². The van der Waals surface area contributed by atoms with E-state index in [2.05, 4.69) is 11.2 Å². The van der Waals surface area contributed by atoms with Crippen LogP contribution < -0.4 is 5.32 Å². The lowest BCUT2D eigenvalue weighted by Gasteiger charge is -2.19. The summed E-state index contributed by atoms with van der Waals surface area (Å²) in [4.78, 5) is 10.6. The Morgan fingerprint density at radius 2 is 2.24 bits per heavy atom. The van der Waals surface area contributed by atoms with Crippen molar-refractivity contribution in [3.8, 4) is 12.3 Å². The molecule has 1 aromatic carbocycles. The molecular formula is C13H14FNO2. The van der Waals surface area contributed by atoms with Crippen molar-refractivity contribution in [2.24, 2.45) is 0 Å². The number of aromatic carboxylic acids is 1. The summed E-state index contributed by atoms with van der Waals surface area (Å²) in [7, 11) is 0. The third kappa shape index (κ3) is 3.58. The van der Waals surface area contributed by atoms with E-state index in [1.807, 2.05) is 13.8 Å². The zero-order valence-electron chi connectivity index (χ0n) is 9.75. The Hall–Kier alpha value is -1.86. The number of carbonyl (C=O) groups is 1. The molecule has 0 spiro atoms. The van der Waals surface area contributed by atoms with Crippen molar-refractivity contribution in [2.45, 2.75) is 25.9 Å². The molecular weight excluding hydrogens is 221 g/mol. The Kier molecular flexibility index (Phi) is 3.87. The smallest absolute Gasteiger partial charge is 0.338 e. The molecule has 0 unspecified atom stereocenters. The molecule has 0 atom stereocenters.